The normalized spacial score (nSPS) is 27.1. The molecule has 1 unspecified atom stereocenters. The van der Waals surface area contributed by atoms with Gasteiger partial charge in [0, 0.05) is 0 Å². The lowest BCUT2D eigenvalue weighted by molar-refractivity contribution is -0.125. The first-order valence-electron chi connectivity index (χ1n) is 5.63. The van der Waals surface area contributed by atoms with Crippen LogP contribution in [-0.2, 0) is 9.59 Å². The van der Waals surface area contributed by atoms with E-state index in [9.17, 15) is 14.7 Å². The number of aliphatic hydroxyl groups is 1. The van der Waals surface area contributed by atoms with E-state index in [0.717, 1.165) is 6.34 Å². The van der Waals surface area contributed by atoms with Crippen molar-refractivity contribution in [3.63, 3.8) is 0 Å². The highest BCUT2D eigenvalue weighted by atomic mass is 16.3. The molecule has 2 aliphatic heterocycles. The molecule has 20 heavy (non-hydrogen) atoms. The number of amidine groups is 2. The third-order valence-electron chi connectivity index (χ3n) is 2.85. The Kier molecular flexibility index (Phi) is 3.29. The second kappa shape index (κ2) is 4.67. The lowest BCUT2D eigenvalue weighted by Crippen LogP contribution is -2.64. The van der Waals surface area contributed by atoms with E-state index in [4.69, 9.17) is 17.2 Å². The standard InChI is InChI=1S/C10H13N7O3/c1-3(18)4(11)6(19)10(13)5-8(15-2-14-5)16-9(17-10)7(12)20/h2-4,18H,11,13H2,1H3,(H2,12,20)/t3-,4+,10?/m1/s1. The Bertz CT molecular complexity index is 604. The lowest BCUT2D eigenvalue weighted by atomic mass is 9.91. The van der Waals surface area contributed by atoms with E-state index in [0.29, 0.717) is 0 Å². The molecule has 2 aliphatic rings. The van der Waals surface area contributed by atoms with E-state index < -0.39 is 35.3 Å². The Labute approximate surface area is 113 Å². The molecule has 0 aromatic carbocycles. The molecular formula is C10H13N7O3. The maximum Gasteiger partial charge on any atom is 0.286 e. The minimum atomic E-state index is -2.05. The zero-order valence-corrected chi connectivity index (χ0v) is 10.5. The molecule has 3 atom stereocenters. The van der Waals surface area contributed by atoms with Crippen LogP contribution in [0.4, 0.5) is 0 Å². The van der Waals surface area contributed by atoms with Gasteiger partial charge in [-0.15, -0.1) is 0 Å². The van der Waals surface area contributed by atoms with Crippen LogP contribution in [0.3, 0.4) is 0 Å². The van der Waals surface area contributed by atoms with Crippen LogP contribution in [0, 0.1) is 0 Å². The second-order valence-electron chi connectivity index (χ2n) is 4.35. The molecule has 2 heterocycles. The summed E-state index contributed by atoms with van der Waals surface area (Å²) in [4.78, 5) is 38.6. The third-order valence-corrected chi connectivity index (χ3v) is 2.85. The Morgan fingerprint density at radius 3 is 2.65 bits per heavy atom. The average Bonchev–Trinajstić information content (AvgIpc) is 2.85. The summed E-state index contributed by atoms with van der Waals surface area (Å²) in [6, 6.07) is -1.31. The zero-order valence-electron chi connectivity index (χ0n) is 10.5. The van der Waals surface area contributed by atoms with Crippen LogP contribution in [-0.4, -0.2) is 58.3 Å². The van der Waals surface area contributed by atoms with Crippen LogP contribution in [0.1, 0.15) is 6.92 Å². The van der Waals surface area contributed by atoms with Crippen molar-refractivity contribution in [1.29, 1.82) is 0 Å². The van der Waals surface area contributed by atoms with Crippen LogP contribution in [0.5, 0.6) is 0 Å². The number of Topliss-reactive ketones (excluding diaryl/α,β-unsaturated/α-hetero) is 1. The first-order chi connectivity index (χ1) is 9.27. The van der Waals surface area contributed by atoms with E-state index in [1.54, 1.807) is 0 Å². The number of carbonyl (C=O) groups is 2. The highest BCUT2D eigenvalue weighted by Crippen LogP contribution is 2.20. The summed E-state index contributed by atoms with van der Waals surface area (Å²) in [5.74, 6) is -2.26. The van der Waals surface area contributed by atoms with Crippen molar-refractivity contribution in [3.05, 3.63) is 0 Å². The van der Waals surface area contributed by atoms with Gasteiger partial charge < -0.3 is 16.6 Å². The fourth-order valence-corrected chi connectivity index (χ4v) is 1.71. The quantitative estimate of drug-likeness (QED) is 0.419. The number of nitrogens with zero attached hydrogens (tertiary/aromatic N) is 4. The summed E-state index contributed by atoms with van der Waals surface area (Å²) >= 11 is 0. The molecule has 10 heteroatoms. The Hall–Kier alpha value is -2.30. The van der Waals surface area contributed by atoms with Gasteiger partial charge in [0.1, 0.15) is 12.1 Å². The summed E-state index contributed by atoms with van der Waals surface area (Å²) in [5.41, 5.74) is 14.5. The highest BCUT2D eigenvalue weighted by molar-refractivity contribution is 6.58. The SMILES string of the molecule is C[C@@H](O)[C@H](N)C(=O)C1(N)N=C(C(N)=O)N=C2N=CN=C21. The molecule has 2 rings (SSSR count). The van der Waals surface area contributed by atoms with Crippen molar-refractivity contribution >= 4 is 35.4 Å². The Balaban J connectivity index is 2.51. The van der Waals surface area contributed by atoms with Gasteiger partial charge in [-0.25, -0.2) is 20.0 Å². The molecule has 0 fully saturated rings. The number of hydrogen-bond donors (Lipinski definition) is 4. The first-order valence-corrected chi connectivity index (χ1v) is 5.63. The summed E-state index contributed by atoms with van der Waals surface area (Å²) < 4.78 is 0. The predicted molar refractivity (Wildman–Crippen MR) is 71.6 cm³/mol. The van der Waals surface area contributed by atoms with E-state index in [1.165, 1.54) is 6.92 Å². The first kappa shape index (κ1) is 14.1. The summed E-state index contributed by atoms with van der Waals surface area (Å²) in [6.45, 7) is 1.33. The zero-order chi connectivity index (χ0) is 15.1. The van der Waals surface area contributed by atoms with Crippen molar-refractivity contribution in [2.75, 3.05) is 0 Å². The minimum absolute atomic E-state index is 0.0255. The maximum atomic E-state index is 12.3. The molecule has 106 valence electrons. The summed E-state index contributed by atoms with van der Waals surface area (Å²) in [5, 5.41) is 9.41. The molecule has 0 aliphatic carbocycles. The molecule has 0 saturated carbocycles. The van der Waals surface area contributed by atoms with E-state index in [-0.39, 0.29) is 11.5 Å². The summed E-state index contributed by atoms with van der Waals surface area (Å²) in [6.07, 6.45) is -0.0310. The lowest BCUT2D eigenvalue weighted by Gasteiger charge is -2.29. The van der Waals surface area contributed by atoms with Gasteiger partial charge in [-0.1, -0.05) is 0 Å². The Morgan fingerprint density at radius 2 is 2.10 bits per heavy atom. The Morgan fingerprint density at radius 1 is 1.45 bits per heavy atom. The number of amides is 1. The molecule has 0 bridgehead atoms. The average molecular weight is 279 g/mol. The molecule has 7 N–H and O–H groups in total. The van der Waals surface area contributed by atoms with Crippen molar-refractivity contribution in [2.24, 2.45) is 37.2 Å². The van der Waals surface area contributed by atoms with Crippen LogP contribution in [0.25, 0.3) is 0 Å². The van der Waals surface area contributed by atoms with E-state index in [1.807, 2.05) is 0 Å². The number of nitrogens with two attached hydrogens (primary N) is 3. The topological polar surface area (TPSA) is 182 Å². The molecular weight excluding hydrogens is 266 g/mol. The summed E-state index contributed by atoms with van der Waals surface area (Å²) in [7, 11) is 0. The molecule has 0 saturated heterocycles. The number of aliphatic hydroxyl groups excluding tert-OH is 1. The highest BCUT2D eigenvalue weighted by Gasteiger charge is 2.49. The predicted octanol–water partition coefficient (Wildman–Crippen LogP) is -3.30. The number of carbonyl (C=O) groups excluding carboxylic acids is 2. The fourth-order valence-electron chi connectivity index (χ4n) is 1.71. The van der Waals surface area contributed by atoms with Gasteiger partial charge in [-0.2, -0.15) is 0 Å². The largest absolute Gasteiger partial charge is 0.391 e. The van der Waals surface area contributed by atoms with Crippen molar-refractivity contribution in [3.8, 4) is 0 Å². The van der Waals surface area contributed by atoms with Gasteiger partial charge in [-0.05, 0) is 6.92 Å². The van der Waals surface area contributed by atoms with E-state index >= 15 is 0 Å². The maximum absolute atomic E-state index is 12.3. The van der Waals surface area contributed by atoms with Gasteiger partial charge in [0.05, 0.1) is 12.1 Å². The number of fused-ring (bicyclic) bond motifs is 1. The minimum Gasteiger partial charge on any atom is -0.391 e. The molecule has 0 aromatic heterocycles. The van der Waals surface area contributed by atoms with Crippen molar-refractivity contribution < 1.29 is 14.7 Å². The van der Waals surface area contributed by atoms with Gasteiger partial charge in [0.15, 0.2) is 5.84 Å². The number of hydrogen-bond acceptors (Lipinski definition) is 9. The van der Waals surface area contributed by atoms with Gasteiger partial charge >= 0.3 is 0 Å². The van der Waals surface area contributed by atoms with Crippen molar-refractivity contribution in [2.45, 2.75) is 24.7 Å². The van der Waals surface area contributed by atoms with Crippen molar-refractivity contribution in [1.82, 2.24) is 0 Å². The van der Waals surface area contributed by atoms with Crippen LogP contribution in [0.2, 0.25) is 0 Å². The van der Waals surface area contributed by atoms with Gasteiger partial charge in [0.25, 0.3) is 5.91 Å². The second-order valence-corrected chi connectivity index (χ2v) is 4.35. The smallest absolute Gasteiger partial charge is 0.286 e. The molecule has 0 spiro atoms. The molecule has 0 radical (unpaired) electrons. The van der Waals surface area contributed by atoms with Gasteiger partial charge in [0.2, 0.25) is 17.3 Å². The molecule has 10 nitrogen and oxygen atoms in total. The number of aliphatic imine (C=N–C) groups is 4. The number of primary amides is 1. The molecule has 1 amide bonds. The van der Waals surface area contributed by atoms with Crippen LogP contribution >= 0.6 is 0 Å². The number of rotatable bonds is 4. The van der Waals surface area contributed by atoms with Crippen LogP contribution < -0.4 is 17.2 Å². The van der Waals surface area contributed by atoms with Gasteiger partial charge in [-0.3, -0.25) is 15.3 Å². The number of ketones is 1. The van der Waals surface area contributed by atoms with E-state index in [2.05, 4.69) is 20.0 Å². The monoisotopic (exact) mass is 279 g/mol. The molecule has 0 aromatic rings. The fraction of sp³-hybridized carbons (Fsp3) is 0.400. The third kappa shape index (κ3) is 2.05. The van der Waals surface area contributed by atoms with Crippen LogP contribution in [0.15, 0.2) is 20.0 Å².